The summed E-state index contributed by atoms with van der Waals surface area (Å²) in [6.45, 7) is 4.38. The van der Waals surface area contributed by atoms with Gasteiger partial charge in [0, 0.05) is 22.3 Å². The lowest BCUT2D eigenvalue weighted by molar-refractivity contribution is 0.399. The molecule has 2 atom stereocenters. The molecular weight excluding hydrogens is 292 g/mol. The van der Waals surface area contributed by atoms with Gasteiger partial charge in [0.25, 0.3) is 0 Å². The van der Waals surface area contributed by atoms with Crippen molar-refractivity contribution < 1.29 is 8.42 Å². The highest BCUT2D eigenvalue weighted by atomic mass is 32.2. The van der Waals surface area contributed by atoms with Crippen LogP contribution in [0.5, 0.6) is 0 Å². The molecule has 1 aromatic rings. The normalized spacial score (nSPS) is 24.6. The summed E-state index contributed by atoms with van der Waals surface area (Å²) in [5, 5.41) is 0. The molecule has 20 heavy (non-hydrogen) atoms. The van der Waals surface area contributed by atoms with E-state index >= 15 is 0 Å². The van der Waals surface area contributed by atoms with Crippen molar-refractivity contribution in [1.82, 2.24) is 4.72 Å². The van der Waals surface area contributed by atoms with Crippen molar-refractivity contribution in [3.05, 3.63) is 15.8 Å². The lowest BCUT2D eigenvalue weighted by Crippen LogP contribution is -2.38. The number of aryl methyl sites for hydroxylation is 1. The van der Waals surface area contributed by atoms with Crippen LogP contribution in [0.3, 0.4) is 0 Å². The van der Waals surface area contributed by atoms with Crippen LogP contribution in [-0.2, 0) is 16.6 Å². The van der Waals surface area contributed by atoms with Crippen molar-refractivity contribution in [3.63, 3.8) is 0 Å². The van der Waals surface area contributed by atoms with Crippen LogP contribution >= 0.6 is 11.3 Å². The molecule has 1 fully saturated rings. The van der Waals surface area contributed by atoms with Crippen LogP contribution in [-0.4, -0.2) is 14.5 Å². The van der Waals surface area contributed by atoms with E-state index in [9.17, 15) is 8.42 Å². The van der Waals surface area contributed by atoms with E-state index in [-0.39, 0.29) is 6.04 Å². The zero-order valence-electron chi connectivity index (χ0n) is 12.2. The molecule has 0 aliphatic heterocycles. The van der Waals surface area contributed by atoms with E-state index < -0.39 is 10.0 Å². The predicted molar refractivity (Wildman–Crippen MR) is 83.3 cm³/mol. The first kappa shape index (κ1) is 15.9. The molecular formula is C14H24N2O2S2. The average molecular weight is 316 g/mol. The topological polar surface area (TPSA) is 72.2 Å². The largest absolute Gasteiger partial charge is 0.326 e. The van der Waals surface area contributed by atoms with Gasteiger partial charge in [-0.1, -0.05) is 26.2 Å². The highest BCUT2D eigenvalue weighted by Crippen LogP contribution is 2.28. The first-order valence-electron chi connectivity index (χ1n) is 7.25. The molecule has 1 heterocycles. The average Bonchev–Trinajstić information content (AvgIpc) is 2.68. The molecule has 3 N–H and O–H groups in total. The first-order valence-corrected chi connectivity index (χ1v) is 9.55. The van der Waals surface area contributed by atoms with E-state index in [1.807, 2.05) is 6.92 Å². The molecule has 0 saturated heterocycles. The van der Waals surface area contributed by atoms with Gasteiger partial charge >= 0.3 is 0 Å². The standard InChI is InChI=1S/C14H24N2O2S2/c1-10-6-4-3-5-7-13(10)16-20(17,18)14-8-12(9-15)19-11(14)2/h8,10,13,16H,3-7,9,15H2,1-2H3. The summed E-state index contributed by atoms with van der Waals surface area (Å²) < 4.78 is 28.0. The van der Waals surface area contributed by atoms with Crippen LogP contribution in [0.1, 0.15) is 48.8 Å². The van der Waals surface area contributed by atoms with Gasteiger partial charge in [-0.15, -0.1) is 11.3 Å². The molecule has 1 aliphatic carbocycles. The minimum absolute atomic E-state index is 0.0585. The molecule has 0 radical (unpaired) electrons. The van der Waals surface area contributed by atoms with Crippen LogP contribution in [0.4, 0.5) is 0 Å². The Morgan fingerprint density at radius 3 is 2.70 bits per heavy atom. The second kappa shape index (κ2) is 6.56. The molecule has 1 aromatic heterocycles. The lowest BCUT2D eigenvalue weighted by atomic mass is 9.98. The third-order valence-electron chi connectivity index (χ3n) is 4.08. The summed E-state index contributed by atoms with van der Waals surface area (Å²) in [6, 6.07) is 1.77. The number of hydrogen-bond acceptors (Lipinski definition) is 4. The molecule has 0 bridgehead atoms. The molecule has 2 rings (SSSR count). The van der Waals surface area contributed by atoms with Crippen molar-refractivity contribution in [2.75, 3.05) is 0 Å². The van der Waals surface area contributed by atoms with Gasteiger partial charge in [0.15, 0.2) is 0 Å². The number of thiophene rings is 1. The zero-order chi connectivity index (χ0) is 14.8. The smallest absolute Gasteiger partial charge is 0.241 e. The maximum Gasteiger partial charge on any atom is 0.241 e. The van der Waals surface area contributed by atoms with E-state index in [1.54, 1.807) is 6.07 Å². The molecule has 1 aliphatic rings. The van der Waals surface area contributed by atoms with Crippen LogP contribution < -0.4 is 10.5 Å². The summed E-state index contributed by atoms with van der Waals surface area (Å²) in [6.07, 6.45) is 5.55. The Hall–Kier alpha value is -0.430. The van der Waals surface area contributed by atoms with Gasteiger partial charge in [0.1, 0.15) is 0 Å². The minimum Gasteiger partial charge on any atom is -0.326 e. The molecule has 1 saturated carbocycles. The van der Waals surface area contributed by atoms with Crippen molar-refractivity contribution in [2.24, 2.45) is 11.7 Å². The highest BCUT2D eigenvalue weighted by Gasteiger charge is 2.27. The van der Waals surface area contributed by atoms with Gasteiger partial charge in [-0.25, -0.2) is 13.1 Å². The second-order valence-electron chi connectivity index (χ2n) is 5.68. The van der Waals surface area contributed by atoms with Crippen LogP contribution in [0.2, 0.25) is 0 Å². The fourth-order valence-corrected chi connectivity index (χ4v) is 5.72. The summed E-state index contributed by atoms with van der Waals surface area (Å²) in [5.74, 6) is 0.403. The van der Waals surface area contributed by atoms with Gasteiger partial charge in [-0.05, 0) is 31.7 Å². The van der Waals surface area contributed by atoms with Crippen LogP contribution in [0.25, 0.3) is 0 Å². The predicted octanol–water partition coefficient (Wildman–Crippen LogP) is 2.76. The monoisotopic (exact) mass is 316 g/mol. The van der Waals surface area contributed by atoms with E-state index in [0.717, 1.165) is 29.0 Å². The summed E-state index contributed by atoms with van der Waals surface area (Å²) in [5.41, 5.74) is 5.60. The molecule has 0 aromatic carbocycles. The SMILES string of the molecule is Cc1sc(CN)cc1S(=O)(=O)NC1CCCCCC1C. The Labute approximate surface area is 125 Å². The fraction of sp³-hybridized carbons (Fsp3) is 0.714. The maximum atomic E-state index is 12.6. The Morgan fingerprint density at radius 1 is 1.35 bits per heavy atom. The third-order valence-corrected chi connectivity index (χ3v) is 6.90. The van der Waals surface area contributed by atoms with Crippen molar-refractivity contribution in [1.29, 1.82) is 0 Å². The molecule has 114 valence electrons. The molecule has 6 heteroatoms. The maximum absolute atomic E-state index is 12.6. The molecule has 2 unspecified atom stereocenters. The first-order chi connectivity index (χ1) is 9.44. The Morgan fingerprint density at radius 2 is 2.05 bits per heavy atom. The van der Waals surface area contributed by atoms with Crippen molar-refractivity contribution in [3.8, 4) is 0 Å². The van der Waals surface area contributed by atoms with Crippen LogP contribution in [0.15, 0.2) is 11.0 Å². The van der Waals surface area contributed by atoms with Gasteiger partial charge in [0.05, 0.1) is 4.90 Å². The van der Waals surface area contributed by atoms with E-state index in [0.29, 0.717) is 17.4 Å². The van der Waals surface area contributed by atoms with Gasteiger partial charge in [0.2, 0.25) is 10.0 Å². The van der Waals surface area contributed by atoms with Crippen LogP contribution in [0, 0.1) is 12.8 Å². The molecule has 0 amide bonds. The number of nitrogens with one attached hydrogen (secondary N) is 1. The van der Waals surface area contributed by atoms with Crippen molar-refractivity contribution >= 4 is 21.4 Å². The van der Waals surface area contributed by atoms with Gasteiger partial charge < -0.3 is 5.73 Å². The lowest BCUT2D eigenvalue weighted by Gasteiger charge is -2.22. The van der Waals surface area contributed by atoms with E-state index in [2.05, 4.69) is 11.6 Å². The number of sulfonamides is 1. The second-order valence-corrected chi connectivity index (χ2v) is 8.70. The number of nitrogens with two attached hydrogens (primary N) is 1. The number of hydrogen-bond donors (Lipinski definition) is 2. The number of rotatable bonds is 4. The molecule has 4 nitrogen and oxygen atoms in total. The summed E-state index contributed by atoms with van der Waals surface area (Å²) >= 11 is 1.46. The summed E-state index contributed by atoms with van der Waals surface area (Å²) in [4.78, 5) is 2.13. The van der Waals surface area contributed by atoms with Gasteiger partial charge in [-0.2, -0.15) is 0 Å². The Kier molecular flexibility index (Phi) is 5.23. The summed E-state index contributed by atoms with van der Waals surface area (Å²) in [7, 11) is -3.42. The zero-order valence-corrected chi connectivity index (χ0v) is 13.8. The quantitative estimate of drug-likeness (QED) is 0.839. The Balaban J connectivity index is 2.19. The van der Waals surface area contributed by atoms with Gasteiger partial charge in [-0.3, -0.25) is 0 Å². The minimum atomic E-state index is -3.42. The van der Waals surface area contributed by atoms with E-state index in [1.165, 1.54) is 24.2 Å². The van der Waals surface area contributed by atoms with E-state index in [4.69, 9.17) is 5.73 Å². The van der Waals surface area contributed by atoms with Crippen molar-refractivity contribution in [2.45, 2.75) is 63.4 Å². The third kappa shape index (κ3) is 3.61. The fourth-order valence-electron chi connectivity index (χ4n) is 2.82. The Bertz CT molecular complexity index is 552. The molecule has 0 spiro atoms. The highest BCUT2D eigenvalue weighted by molar-refractivity contribution is 7.89.